The molecule has 36 heavy (non-hydrogen) atoms. The lowest BCUT2D eigenvalue weighted by atomic mass is 10.1. The van der Waals surface area contributed by atoms with E-state index in [0.717, 1.165) is 18.6 Å². The monoisotopic (exact) mass is 600 g/mol. The fraction of sp³-hybridized carbons (Fsp3) is 0.333. The van der Waals surface area contributed by atoms with E-state index in [1.807, 2.05) is 0 Å². The summed E-state index contributed by atoms with van der Waals surface area (Å²) in [4.78, 5) is 11.5. The molecule has 0 aliphatic heterocycles. The second-order valence-electron chi connectivity index (χ2n) is 6.54. The van der Waals surface area contributed by atoms with Gasteiger partial charge in [-0.15, -0.1) is 0 Å². The first-order chi connectivity index (χ1) is 15.7. The summed E-state index contributed by atoms with van der Waals surface area (Å²) in [7, 11) is -22.5. The van der Waals surface area contributed by atoms with Gasteiger partial charge in [0.2, 0.25) is 0 Å². The number of allylic oxidation sites excluding steroid dienone is 1. The topological polar surface area (TPSA) is 141 Å². The molecule has 0 heterocycles. The highest BCUT2D eigenvalue weighted by Gasteiger charge is 2.83. The number of Topliss-reactive ketones (excluding diaryl/α,β-unsaturated/α-hetero) is 1. The van der Waals surface area contributed by atoms with E-state index in [1.54, 1.807) is 0 Å². The summed E-state index contributed by atoms with van der Waals surface area (Å²) in [5.41, 5.74) is -6.67. The van der Waals surface area contributed by atoms with Gasteiger partial charge in [-0.05, 0) is 30.2 Å². The van der Waals surface area contributed by atoms with Gasteiger partial charge in [-0.3, -0.25) is 4.79 Å². The maximum Gasteiger partial charge on any atom is 0.512 e. The Morgan fingerprint density at radius 2 is 1.28 bits per heavy atom. The normalized spacial score (nSPS) is 14.4. The molecule has 0 aliphatic carbocycles. The van der Waals surface area contributed by atoms with Crippen LogP contribution < -0.4 is 8.31 Å². The van der Waals surface area contributed by atoms with E-state index in [2.05, 4.69) is 10.8 Å². The molecule has 0 atom stereocenters. The number of carbonyl (C=O) groups is 1. The second kappa shape index (κ2) is 9.49. The summed E-state index contributed by atoms with van der Waals surface area (Å²) >= 11 is 0. The van der Waals surface area contributed by atoms with Gasteiger partial charge >= 0.3 is 42.1 Å². The molecule has 1 aromatic rings. The van der Waals surface area contributed by atoms with Crippen molar-refractivity contribution in [2.24, 2.45) is 0 Å². The van der Waals surface area contributed by atoms with E-state index in [-0.39, 0.29) is 11.1 Å². The highest BCUT2D eigenvalue weighted by atomic mass is 32.3. The first-order valence-corrected chi connectivity index (χ1v) is 12.7. The molecule has 205 valence electrons. The van der Waals surface area contributed by atoms with E-state index in [9.17, 15) is 69.6 Å². The fourth-order valence-electron chi connectivity index (χ4n) is 1.81. The maximum absolute atomic E-state index is 14.0. The molecule has 0 saturated heterocycles. The predicted octanol–water partition coefficient (Wildman–Crippen LogP) is 2.68. The van der Waals surface area contributed by atoms with Gasteiger partial charge in [0.25, 0.3) is 10.0 Å². The van der Waals surface area contributed by atoms with Crippen LogP contribution in [0.15, 0.2) is 36.4 Å². The zero-order valence-electron chi connectivity index (χ0n) is 17.0. The van der Waals surface area contributed by atoms with Crippen LogP contribution in [-0.2, 0) is 35.0 Å². The smallest absolute Gasteiger partial charge is 0.378 e. The zero-order valence-corrected chi connectivity index (χ0v) is 19.4. The number of hydrogen-bond acceptors (Lipinski definition) is 8. The van der Waals surface area contributed by atoms with Crippen molar-refractivity contribution in [3.05, 3.63) is 48.4 Å². The van der Waals surface area contributed by atoms with Crippen LogP contribution in [0.5, 0.6) is 5.75 Å². The number of nitrogens with one attached hydrogen (secondary N) is 1. The minimum absolute atomic E-state index is 0.0283. The third kappa shape index (κ3) is 5.78. The van der Waals surface area contributed by atoms with Crippen molar-refractivity contribution in [3.63, 3.8) is 0 Å². The maximum atomic E-state index is 14.0. The van der Waals surface area contributed by atoms with Crippen LogP contribution in [0, 0.1) is 6.42 Å². The van der Waals surface area contributed by atoms with Crippen LogP contribution in [-0.4, -0.2) is 53.0 Å². The van der Waals surface area contributed by atoms with Crippen molar-refractivity contribution in [2.75, 3.05) is 0 Å². The van der Waals surface area contributed by atoms with Crippen molar-refractivity contribution in [3.8, 4) is 5.75 Å². The number of ketones is 1. The van der Waals surface area contributed by atoms with E-state index in [1.165, 1.54) is 6.92 Å². The molecule has 0 fully saturated rings. The molecule has 1 N–H and O–H groups in total. The zero-order chi connectivity index (χ0) is 28.8. The van der Waals surface area contributed by atoms with Crippen LogP contribution in [0.25, 0.3) is 0 Å². The molecule has 1 rings (SSSR count). The van der Waals surface area contributed by atoms with Crippen molar-refractivity contribution in [2.45, 2.75) is 28.9 Å². The lowest BCUT2D eigenvalue weighted by Gasteiger charge is -2.31. The Kier molecular flexibility index (Phi) is 8.34. The molecule has 9 nitrogen and oxygen atoms in total. The number of rotatable bonds is 11. The summed E-state index contributed by atoms with van der Waals surface area (Å²) in [5, 5.41) is -14.7. The molecule has 0 aliphatic rings. The van der Waals surface area contributed by atoms with Crippen molar-refractivity contribution in [1.82, 2.24) is 4.13 Å². The minimum Gasteiger partial charge on any atom is -0.378 e. The highest BCUT2D eigenvalue weighted by molar-refractivity contribution is 8.05. The van der Waals surface area contributed by atoms with Gasteiger partial charge in [-0.25, -0.2) is 16.8 Å². The number of hydrogen-bond donors (Lipinski definition) is 1. The first-order valence-electron chi connectivity index (χ1n) is 8.30. The van der Waals surface area contributed by atoms with Gasteiger partial charge < -0.3 is 4.18 Å². The van der Waals surface area contributed by atoms with Crippen LogP contribution in [0.3, 0.4) is 0 Å². The molecule has 0 spiro atoms. The molecule has 0 saturated carbocycles. The van der Waals surface area contributed by atoms with E-state index in [4.69, 9.17) is 0 Å². The van der Waals surface area contributed by atoms with Gasteiger partial charge in [0, 0.05) is 0 Å². The largest absolute Gasteiger partial charge is 0.512 e. The van der Waals surface area contributed by atoms with E-state index >= 15 is 0 Å². The average molecular weight is 600 g/mol. The summed E-state index contributed by atoms with van der Waals surface area (Å²) < 4.78 is 190. The Hall–Kier alpha value is -2.39. The van der Waals surface area contributed by atoms with Crippen LogP contribution in [0.2, 0.25) is 0 Å². The quantitative estimate of drug-likeness (QED) is 0.232. The third-order valence-corrected chi connectivity index (χ3v) is 8.30. The average Bonchev–Trinajstić information content (AvgIpc) is 2.66. The Morgan fingerprint density at radius 3 is 1.67 bits per heavy atom. The fourth-order valence-corrected chi connectivity index (χ4v) is 5.21. The van der Waals surface area contributed by atoms with E-state index < -0.39 is 67.8 Å². The summed E-state index contributed by atoms with van der Waals surface area (Å²) in [6, 6.07) is 2.59. The van der Waals surface area contributed by atoms with Gasteiger partial charge in [-0.2, -0.15) is 47.9 Å². The molecule has 0 bridgehead atoms. The summed E-state index contributed by atoms with van der Waals surface area (Å²) in [6.45, 7) is 4.60. The van der Waals surface area contributed by atoms with Crippen LogP contribution in [0.4, 0.5) is 39.5 Å². The van der Waals surface area contributed by atoms with Crippen LogP contribution in [0.1, 0.15) is 12.5 Å². The van der Waals surface area contributed by atoms with Gasteiger partial charge in [0.15, 0.2) is 5.78 Å². The van der Waals surface area contributed by atoms with Crippen molar-refractivity contribution >= 4 is 35.9 Å². The summed E-state index contributed by atoms with van der Waals surface area (Å²) in [6.07, 6.45) is 0.900. The second-order valence-corrected chi connectivity index (χ2v) is 11.8. The molecular weight excluding hydrogens is 589 g/mol. The number of sulfonamides is 2. The Balaban J connectivity index is 3.36. The van der Waals surface area contributed by atoms with Crippen molar-refractivity contribution in [1.29, 1.82) is 0 Å². The standard InChI is InChI=1S/C15H11F9NO8S3/c1-8(2)11(26)7-9-3-5-10(6-4-9)33-36(31,32)14(20,21)12(16,17)13(18,19)34(27,28)25-35(29,30)15(22,23)24/h3-7,25H,1H2,2H3. The SMILES string of the molecule is C=C(C)C(=O)[CH]c1ccc(OS(=O)(=O)C(F)(F)C(F)(F)C(F)(F)S(=O)(=O)NS(=O)(=O)C(F)(F)F)cc1. The number of carbonyl (C=O) groups excluding carboxylic acids is 1. The molecule has 0 amide bonds. The van der Waals surface area contributed by atoms with Crippen molar-refractivity contribution < 1.29 is 73.7 Å². The Morgan fingerprint density at radius 1 is 0.833 bits per heavy atom. The van der Waals surface area contributed by atoms with E-state index in [0.29, 0.717) is 12.1 Å². The highest BCUT2D eigenvalue weighted by Crippen LogP contribution is 2.51. The molecule has 1 radical (unpaired) electrons. The number of benzene rings is 1. The first kappa shape index (κ1) is 31.6. The Labute approximate surface area is 197 Å². The van der Waals surface area contributed by atoms with Gasteiger partial charge in [-0.1, -0.05) is 22.8 Å². The van der Waals surface area contributed by atoms with Gasteiger partial charge in [0.05, 0.1) is 6.42 Å². The molecule has 1 aromatic carbocycles. The lowest BCUT2D eigenvalue weighted by molar-refractivity contribution is -0.245. The number of halogens is 9. The summed E-state index contributed by atoms with van der Waals surface area (Å²) in [5.74, 6) is -9.49. The molecular formula is C15H11F9NO8S3. The minimum atomic E-state index is -7.88. The number of alkyl halides is 9. The van der Waals surface area contributed by atoms with Gasteiger partial charge in [0.1, 0.15) is 5.75 Å². The third-order valence-electron chi connectivity index (χ3n) is 3.71. The molecule has 0 unspecified atom stereocenters. The Bertz CT molecular complexity index is 1350. The molecule has 21 heteroatoms. The lowest BCUT2D eigenvalue weighted by Crippen LogP contribution is -2.64. The predicted molar refractivity (Wildman–Crippen MR) is 101 cm³/mol. The molecule has 0 aromatic heterocycles. The van der Waals surface area contributed by atoms with Crippen LogP contribution >= 0.6 is 0 Å².